The molecule has 0 saturated heterocycles. The summed E-state index contributed by atoms with van der Waals surface area (Å²) in [4.78, 5) is 24.3. The van der Waals surface area contributed by atoms with Crippen LogP contribution in [0.3, 0.4) is 0 Å². The van der Waals surface area contributed by atoms with Gasteiger partial charge in [-0.3, -0.25) is 4.79 Å². The van der Waals surface area contributed by atoms with Gasteiger partial charge in [0.2, 0.25) is 5.91 Å². The second kappa shape index (κ2) is 9.78. The Morgan fingerprint density at radius 1 is 0.724 bits per heavy atom. The first-order chi connectivity index (χ1) is 14.0. The molecule has 3 aromatic carbocycles. The van der Waals surface area contributed by atoms with Gasteiger partial charge in [0.1, 0.15) is 0 Å². The fourth-order valence-electron chi connectivity index (χ4n) is 2.48. The highest BCUT2D eigenvalue weighted by atomic mass is 35.5. The smallest absolute Gasteiger partial charge is 0.322 e. The molecule has 0 aliphatic rings. The van der Waals surface area contributed by atoms with Crippen LogP contribution < -0.4 is 16.0 Å². The average Bonchev–Trinajstić information content (AvgIpc) is 2.68. The van der Waals surface area contributed by atoms with Gasteiger partial charge >= 0.3 is 6.03 Å². The number of urea groups is 1. The van der Waals surface area contributed by atoms with Crippen molar-refractivity contribution in [2.24, 2.45) is 0 Å². The molecule has 3 aromatic rings. The zero-order valence-corrected chi connectivity index (χ0v) is 16.7. The van der Waals surface area contributed by atoms with E-state index in [-0.39, 0.29) is 11.9 Å². The van der Waals surface area contributed by atoms with Gasteiger partial charge in [0.05, 0.1) is 0 Å². The molecule has 146 valence electrons. The van der Waals surface area contributed by atoms with Gasteiger partial charge < -0.3 is 16.0 Å². The van der Waals surface area contributed by atoms with E-state index in [2.05, 4.69) is 16.0 Å². The van der Waals surface area contributed by atoms with Crippen molar-refractivity contribution in [1.29, 1.82) is 0 Å². The SMILES string of the molecule is O=C(/C=C/c1ccc(Cl)cc1Cl)Nc1cccc(NC(=O)Nc2ccccc2)c1. The fourth-order valence-corrected chi connectivity index (χ4v) is 2.95. The molecule has 0 atom stereocenters. The van der Waals surface area contributed by atoms with E-state index in [0.29, 0.717) is 32.7 Å². The summed E-state index contributed by atoms with van der Waals surface area (Å²) in [5.74, 6) is -0.332. The molecule has 0 aromatic heterocycles. The van der Waals surface area contributed by atoms with Gasteiger partial charge in [-0.1, -0.05) is 53.5 Å². The van der Waals surface area contributed by atoms with Crippen LogP contribution in [0.15, 0.2) is 78.9 Å². The molecule has 29 heavy (non-hydrogen) atoms. The first kappa shape index (κ1) is 20.5. The minimum atomic E-state index is -0.378. The Morgan fingerprint density at radius 3 is 2.10 bits per heavy atom. The molecule has 0 bridgehead atoms. The number of para-hydroxylation sites is 1. The second-order valence-corrected chi connectivity index (χ2v) is 6.86. The maximum atomic E-state index is 12.2. The van der Waals surface area contributed by atoms with Gasteiger partial charge in [0.15, 0.2) is 0 Å². The first-order valence-electron chi connectivity index (χ1n) is 8.67. The highest BCUT2D eigenvalue weighted by Gasteiger charge is 2.05. The molecule has 3 rings (SSSR count). The van der Waals surface area contributed by atoms with Crippen molar-refractivity contribution in [3.63, 3.8) is 0 Å². The summed E-state index contributed by atoms with van der Waals surface area (Å²) < 4.78 is 0. The Bertz CT molecular complexity index is 1050. The Kier molecular flexibility index (Phi) is 6.89. The van der Waals surface area contributed by atoms with Gasteiger partial charge in [0, 0.05) is 33.2 Å². The van der Waals surface area contributed by atoms with E-state index in [1.165, 1.54) is 6.08 Å². The number of carbonyl (C=O) groups is 2. The third kappa shape index (κ3) is 6.38. The molecule has 0 spiro atoms. The topological polar surface area (TPSA) is 70.2 Å². The zero-order valence-electron chi connectivity index (χ0n) is 15.2. The summed E-state index contributed by atoms with van der Waals surface area (Å²) in [5, 5.41) is 9.17. The number of hydrogen-bond acceptors (Lipinski definition) is 2. The molecule has 0 aliphatic carbocycles. The van der Waals surface area contributed by atoms with E-state index < -0.39 is 0 Å². The van der Waals surface area contributed by atoms with Crippen molar-refractivity contribution in [1.82, 2.24) is 0 Å². The lowest BCUT2D eigenvalue weighted by molar-refractivity contribution is -0.111. The molecule has 0 aliphatic heterocycles. The summed E-state index contributed by atoms with van der Waals surface area (Å²) in [7, 11) is 0. The molecule has 5 nitrogen and oxygen atoms in total. The standard InChI is InChI=1S/C22H17Cl2N3O2/c23-16-11-9-15(20(24)13-16)10-12-21(28)25-18-7-4-8-19(14-18)27-22(29)26-17-5-2-1-3-6-17/h1-14H,(H,25,28)(H2,26,27,29)/b12-10+. The van der Waals surface area contributed by atoms with Crippen LogP contribution in [0.5, 0.6) is 0 Å². The molecule has 3 amide bonds. The Balaban J connectivity index is 1.59. The lowest BCUT2D eigenvalue weighted by atomic mass is 10.2. The van der Waals surface area contributed by atoms with E-state index >= 15 is 0 Å². The maximum Gasteiger partial charge on any atom is 0.323 e. The van der Waals surface area contributed by atoms with Crippen LogP contribution >= 0.6 is 23.2 Å². The van der Waals surface area contributed by atoms with Crippen LogP contribution in [0.4, 0.5) is 21.9 Å². The monoisotopic (exact) mass is 425 g/mol. The predicted octanol–water partition coefficient (Wildman–Crippen LogP) is 6.29. The fraction of sp³-hybridized carbons (Fsp3) is 0. The number of nitrogens with one attached hydrogen (secondary N) is 3. The molecule has 3 N–H and O–H groups in total. The summed E-state index contributed by atoms with van der Waals surface area (Å²) in [5.41, 5.74) is 2.44. The second-order valence-electron chi connectivity index (χ2n) is 6.01. The lowest BCUT2D eigenvalue weighted by Crippen LogP contribution is -2.19. The molecular weight excluding hydrogens is 409 g/mol. The number of halogens is 2. The number of carbonyl (C=O) groups excluding carboxylic acids is 2. The molecular formula is C22H17Cl2N3O2. The van der Waals surface area contributed by atoms with Gasteiger partial charge in [-0.25, -0.2) is 4.79 Å². The summed E-state index contributed by atoms with van der Waals surface area (Å²) in [6.45, 7) is 0. The quantitative estimate of drug-likeness (QED) is 0.420. The zero-order chi connectivity index (χ0) is 20.6. The summed E-state index contributed by atoms with van der Waals surface area (Å²) >= 11 is 11.9. The van der Waals surface area contributed by atoms with Crippen LogP contribution in [0, 0.1) is 0 Å². The molecule has 0 unspecified atom stereocenters. The third-order valence-electron chi connectivity index (χ3n) is 3.80. The van der Waals surface area contributed by atoms with Crippen LogP contribution in [0.2, 0.25) is 10.0 Å². The highest BCUT2D eigenvalue weighted by molar-refractivity contribution is 6.35. The van der Waals surface area contributed by atoms with Crippen molar-refractivity contribution in [2.75, 3.05) is 16.0 Å². The van der Waals surface area contributed by atoms with Crippen molar-refractivity contribution in [2.45, 2.75) is 0 Å². The number of hydrogen-bond donors (Lipinski definition) is 3. The minimum absolute atomic E-state index is 0.332. The maximum absolute atomic E-state index is 12.2. The molecule has 0 radical (unpaired) electrons. The van der Waals surface area contributed by atoms with E-state index in [0.717, 1.165) is 0 Å². The van der Waals surface area contributed by atoms with Crippen LogP contribution in [-0.4, -0.2) is 11.9 Å². The molecule has 7 heteroatoms. The van der Waals surface area contributed by atoms with Gasteiger partial charge in [-0.05, 0) is 54.1 Å². The van der Waals surface area contributed by atoms with Gasteiger partial charge in [0.25, 0.3) is 0 Å². The van der Waals surface area contributed by atoms with Crippen LogP contribution in [0.25, 0.3) is 6.08 Å². The third-order valence-corrected chi connectivity index (χ3v) is 4.36. The van der Waals surface area contributed by atoms with Crippen molar-refractivity contribution in [3.8, 4) is 0 Å². The predicted molar refractivity (Wildman–Crippen MR) is 120 cm³/mol. The lowest BCUT2D eigenvalue weighted by Gasteiger charge is -2.09. The van der Waals surface area contributed by atoms with Gasteiger partial charge in [-0.15, -0.1) is 0 Å². The number of rotatable bonds is 5. The average molecular weight is 426 g/mol. The van der Waals surface area contributed by atoms with E-state index in [1.807, 2.05) is 18.2 Å². The van der Waals surface area contributed by atoms with Crippen molar-refractivity contribution in [3.05, 3.63) is 94.5 Å². The Hall–Kier alpha value is -3.28. The van der Waals surface area contributed by atoms with Crippen LogP contribution in [0.1, 0.15) is 5.56 Å². The largest absolute Gasteiger partial charge is 0.323 e. The number of amides is 3. The summed E-state index contributed by atoms with van der Waals surface area (Å²) in [6.07, 6.45) is 2.97. The minimum Gasteiger partial charge on any atom is -0.322 e. The first-order valence-corrected chi connectivity index (χ1v) is 9.42. The van der Waals surface area contributed by atoms with E-state index in [4.69, 9.17) is 23.2 Å². The molecule has 0 heterocycles. The molecule has 0 fully saturated rings. The Morgan fingerprint density at radius 2 is 1.38 bits per heavy atom. The van der Waals surface area contributed by atoms with Crippen molar-refractivity contribution >= 4 is 58.3 Å². The summed E-state index contributed by atoms with van der Waals surface area (Å²) in [6, 6.07) is 20.6. The van der Waals surface area contributed by atoms with E-state index in [9.17, 15) is 9.59 Å². The van der Waals surface area contributed by atoms with E-state index in [1.54, 1.807) is 60.7 Å². The van der Waals surface area contributed by atoms with Gasteiger partial charge in [-0.2, -0.15) is 0 Å². The number of benzene rings is 3. The normalized spacial score (nSPS) is 10.6. The van der Waals surface area contributed by atoms with Crippen LogP contribution in [-0.2, 0) is 4.79 Å². The number of anilines is 3. The molecule has 0 saturated carbocycles. The highest BCUT2D eigenvalue weighted by Crippen LogP contribution is 2.22. The van der Waals surface area contributed by atoms with Crippen molar-refractivity contribution < 1.29 is 9.59 Å². The Labute approximate surface area is 178 Å².